The van der Waals surface area contributed by atoms with Crippen LogP contribution in [0.25, 0.3) is 10.2 Å². The number of nitrogens with zero attached hydrogens (tertiary/aromatic N) is 3. The molecule has 0 unspecified atom stereocenters. The van der Waals surface area contributed by atoms with Crippen LogP contribution >= 0.6 is 11.3 Å². The molecule has 0 saturated heterocycles. The maximum absolute atomic E-state index is 11.7. The number of para-hydroxylation sites is 1. The average molecular weight is 274 g/mol. The lowest BCUT2D eigenvalue weighted by atomic mass is 10.3. The number of fused-ring (bicyclic) bond motifs is 1. The number of anilines is 1. The molecule has 0 aliphatic rings. The molecule has 0 aliphatic carbocycles. The summed E-state index contributed by atoms with van der Waals surface area (Å²) >= 11 is 1.54. The predicted molar refractivity (Wildman–Crippen MR) is 71.6 cm³/mol. The lowest BCUT2D eigenvalue weighted by Gasteiger charge is -1.98. The van der Waals surface area contributed by atoms with Crippen LogP contribution in [-0.2, 0) is 6.54 Å². The number of amides is 1. The number of hydrogen-bond donors (Lipinski definition) is 3. The standard InChI is InChI=1S/C11H10N6OS/c12-11-15-9(16-17-11)10(18)13-5-8-14-6-3-1-2-4-7(6)19-8/h1-4H,5H2,(H,13,18)(H3,12,15,16,17). The molecule has 1 amide bonds. The van der Waals surface area contributed by atoms with Gasteiger partial charge in [0, 0.05) is 0 Å². The summed E-state index contributed by atoms with van der Waals surface area (Å²) in [5.41, 5.74) is 6.26. The average Bonchev–Trinajstić information content (AvgIpc) is 3.01. The van der Waals surface area contributed by atoms with Gasteiger partial charge in [-0.1, -0.05) is 12.1 Å². The molecule has 1 aromatic carbocycles. The second kappa shape index (κ2) is 4.65. The zero-order valence-corrected chi connectivity index (χ0v) is 10.6. The Bertz CT molecular complexity index is 700. The van der Waals surface area contributed by atoms with E-state index in [0.29, 0.717) is 6.54 Å². The second-order valence-corrected chi connectivity index (χ2v) is 4.92. The van der Waals surface area contributed by atoms with E-state index >= 15 is 0 Å². The van der Waals surface area contributed by atoms with Gasteiger partial charge in [0.1, 0.15) is 5.01 Å². The van der Waals surface area contributed by atoms with Gasteiger partial charge in [0.15, 0.2) is 0 Å². The second-order valence-electron chi connectivity index (χ2n) is 3.80. The molecule has 0 bridgehead atoms. The molecule has 0 radical (unpaired) electrons. The van der Waals surface area contributed by atoms with Crippen molar-refractivity contribution in [2.75, 3.05) is 5.73 Å². The summed E-state index contributed by atoms with van der Waals surface area (Å²) in [5.74, 6) is -0.216. The van der Waals surface area contributed by atoms with Gasteiger partial charge in [-0.05, 0) is 12.1 Å². The highest BCUT2D eigenvalue weighted by Gasteiger charge is 2.11. The van der Waals surface area contributed by atoms with Crippen molar-refractivity contribution < 1.29 is 4.79 Å². The van der Waals surface area contributed by atoms with Crippen molar-refractivity contribution in [2.45, 2.75) is 6.54 Å². The summed E-state index contributed by atoms with van der Waals surface area (Å²) in [4.78, 5) is 19.9. The lowest BCUT2D eigenvalue weighted by Crippen LogP contribution is -2.23. The van der Waals surface area contributed by atoms with Crippen LogP contribution in [0.3, 0.4) is 0 Å². The molecule has 0 atom stereocenters. The highest BCUT2D eigenvalue weighted by molar-refractivity contribution is 7.18. The Hall–Kier alpha value is -2.48. The number of hydrogen-bond acceptors (Lipinski definition) is 6. The smallest absolute Gasteiger partial charge is 0.289 e. The van der Waals surface area contributed by atoms with Gasteiger partial charge in [0.25, 0.3) is 5.91 Å². The van der Waals surface area contributed by atoms with Crippen LogP contribution in [0, 0.1) is 0 Å². The van der Waals surface area contributed by atoms with Crippen molar-refractivity contribution in [2.24, 2.45) is 0 Å². The summed E-state index contributed by atoms with van der Waals surface area (Å²) < 4.78 is 1.09. The number of thiazole rings is 1. The number of carbonyl (C=O) groups excluding carboxylic acids is 1. The SMILES string of the molecule is Nc1n[nH]c(C(=O)NCc2nc3ccccc3s2)n1. The van der Waals surface area contributed by atoms with E-state index in [2.05, 4.69) is 25.5 Å². The van der Waals surface area contributed by atoms with Crippen molar-refractivity contribution in [1.82, 2.24) is 25.5 Å². The molecule has 7 nitrogen and oxygen atoms in total. The van der Waals surface area contributed by atoms with Crippen LogP contribution in [0.15, 0.2) is 24.3 Å². The van der Waals surface area contributed by atoms with E-state index < -0.39 is 0 Å². The van der Waals surface area contributed by atoms with Crippen molar-refractivity contribution in [3.8, 4) is 0 Å². The van der Waals surface area contributed by atoms with Crippen LogP contribution in [0.4, 0.5) is 5.95 Å². The minimum Gasteiger partial charge on any atom is -0.366 e. The number of rotatable bonds is 3. The molecule has 19 heavy (non-hydrogen) atoms. The molecular formula is C11H10N6OS. The minimum atomic E-state index is -0.358. The number of nitrogens with two attached hydrogens (primary N) is 1. The van der Waals surface area contributed by atoms with Gasteiger partial charge in [-0.3, -0.25) is 9.89 Å². The molecule has 0 spiro atoms. The van der Waals surface area contributed by atoms with E-state index in [-0.39, 0.29) is 17.7 Å². The summed E-state index contributed by atoms with van der Waals surface area (Å²) in [7, 11) is 0. The fourth-order valence-corrected chi connectivity index (χ4v) is 2.52. The quantitative estimate of drug-likeness (QED) is 0.658. The van der Waals surface area contributed by atoms with Crippen LogP contribution < -0.4 is 11.1 Å². The fourth-order valence-electron chi connectivity index (χ4n) is 1.61. The van der Waals surface area contributed by atoms with E-state index in [1.165, 1.54) is 0 Å². The van der Waals surface area contributed by atoms with Gasteiger partial charge >= 0.3 is 0 Å². The topological polar surface area (TPSA) is 110 Å². The molecular weight excluding hydrogens is 264 g/mol. The van der Waals surface area contributed by atoms with Crippen LogP contribution in [0.5, 0.6) is 0 Å². The maximum Gasteiger partial charge on any atom is 0.289 e. The predicted octanol–water partition coefficient (Wildman–Crippen LogP) is 0.927. The minimum absolute atomic E-state index is 0.0464. The Labute approximate surface area is 111 Å². The zero-order chi connectivity index (χ0) is 13.2. The van der Waals surface area contributed by atoms with Crippen molar-refractivity contribution in [1.29, 1.82) is 0 Å². The normalized spacial score (nSPS) is 10.7. The number of carbonyl (C=O) groups is 1. The van der Waals surface area contributed by atoms with Gasteiger partial charge in [-0.2, -0.15) is 4.98 Å². The Kier molecular flexibility index (Phi) is 2.84. The highest BCUT2D eigenvalue weighted by atomic mass is 32.1. The first-order valence-corrected chi connectivity index (χ1v) is 6.34. The Morgan fingerprint density at radius 3 is 2.95 bits per heavy atom. The first kappa shape index (κ1) is 11.6. The van der Waals surface area contributed by atoms with E-state index in [0.717, 1.165) is 15.2 Å². The molecule has 8 heteroatoms. The van der Waals surface area contributed by atoms with Gasteiger partial charge < -0.3 is 11.1 Å². The van der Waals surface area contributed by atoms with E-state index in [9.17, 15) is 4.79 Å². The number of aromatic nitrogens is 4. The van der Waals surface area contributed by atoms with Crippen LogP contribution in [-0.4, -0.2) is 26.1 Å². The first-order chi connectivity index (χ1) is 9.22. The number of benzene rings is 1. The number of nitrogens with one attached hydrogen (secondary N) is 2. The Morgan fingerprint density at radius 2 is 2.21 bits per heavy atom. The zero-order valence-electron chi connectivity index (χ0n) is 9.75. The molecule has 0 aliphatic heterocycles. The van der Waals surface area contributed by atoms with Crippen molar-refractivity contribution >= 4 is 33.4 Å². The number of nitrogen functional groups attached to an aromatic ring is 1. The van der Waals surface area contributed by atoms with Crippen LogP contribution in [0.2, 0.25) is 0 Å². The van der Waals surface area contributed by atoms with Crippen LogP contribution in [0.1, 0.15) is 15.6 Å². The monoisotopic (exact) mass is 274 g/mol. The lowest BCUT2D eigenvalue weighted by molar-refractivity contribution is 0.0941. The molecule has 96 valence electrons. The maximum atomic E-state index is 11.7. The summed E-state index contributed by atoms with van der Waals surface area (Å²) in [5, 5.41) is 9.59. The molecule has 3 rings (SSSR count). The summed E-state index contributed by atoms with van der Waals surface area (Å²) in [6.07, 6.45) is 0. The summed E-state index contributed by atoms with van der Waals surface area (Å²) in [6.45, 7) is 0.346. The fraction of sp³-hybridized carbons (Fsp3) is 0.0909. The van der Waals surface area contributed by atoms with Gasteiger partial charge in [0.05, 0.1) is 16.8 Å². The van der Waals surface area contributed by atoms with Gasteiger partial charge in [-0.15, -0.1) is 16.4 Å². The third kappa shape index (κ3) is 2.38. The molecule has 0 saturated carbocycles. The Morgan fingerprint density at radius 1 is 1.37 bits per heavy atom. The molecule has 2 aromatic heterocycles. The van der Waals surface area contributed by atoms with Gasteiger partial charge in [0.2, 0.25) is 11.8 Å². The molecule has 4 N–H and O–H groups in total. The third-order valence-corrected chi connectivity index (χ3v) is 3.49. The summed E-state index contributed by atoms with van der Waals surface area (Å²) in [6, 6.07) is 7.83. The first-order valence-electron chi connectivity index (χ1n) is 5.53. The van der Waals surface area contributed by atoms with Gasteiger partial charge in [-0.25, -0.2) is 4.98 Å². The number of H-pyrrole nitrogens is 1. The molecule has 3 aromatic rings. The molecule has 0 fully saturated rings. The van der Waals surface area contributed by atoms with Crippen molar-refractivity contribution in [3.05, 3.63) is 35.1 Å². The highest BCUT2D eigenvalue weighted by Crippen LogP contribution is 2.21. The molecule has 2 heterocycles. The van der Waals surface area contributed by atoms with E-state index in [4.69, 9.17) is 5.73 Å². The van der Waals surface area contributed by atoms with Crippen molar-refractivity contribution in [3.63, 3.8) is 0 Å². The van der Waals surface area contributed by atoms with E-state index in [1.54, 1.807) is 11.3 Å². The Balaban J connectivity index is 1.70. The largest absolute Gasteiger partial charge is 0.366 e. The number of aromatic amines is 1. The van der Waals surface area contributed by atoms with E-state index in [1.807, 2.05) is 24.3 Å². The third-order valence-electron chi connectivity index (χ3n) is 2.46.